The van der Waals surface area contributed by atoms with Crippen molar-refractivity contribution in [3.63, 3.8) is 0 Å². The molecule has 0 radical (unpaired) electrons. The Kier molecular flexibility index (Phi) is 10.1. The SMILES string of the molecule is Cc1ccc2c(c1)oc(C=CC=C1Oc3cc(Cl)ccc3N1CCCS(=O)(=O)[O-])[n+]2CCCS(=O)(=O)[O-].[Na+]. The average molecular weight is 591 g/mol. The van der Waals surface area contributed by atoms with Crippen molar-refractivity contribution < 1.29 is 69.2 Å². The minimum absolute atomic E-state index is 0. The zero-order chi connectivity index (χ0) is 26.8. The van der Waals surface area contributed by atoms with Crippen LogP contribution in [-0.2, 0) is 26.8 Å². The number of hydrogen-bond donors (Lipinski definition) is 0. The summed E-state index contributed by atoms with van der Waals surface area (Å²) < 4.78 is 80.0. The van der Waals surface area contributed by atoms with E-state index < -0.39 is 31.7 Å². The summed E-state index contributed by atoms with van der Waals surface area (Å²) in [4.78, 5) is 1.75. The summed E-state index contributed by atoms with van der Waals surface area (Å²) in [6.07, 6.45) is 5.23. The number of rotatable bonds is 10. The minimum Gasteiger partial charge on any atom is -0.748 e. The van der Waals surface area contributed by atoms with Crippen molar-refractivity contribution in [2.75, 3.05) is 23.0 Å². The second-order valence-corrected chi connectivity index (χ2v) is 12.0. The van der Waals surface area contributed by atoms with Crippen LogP contribution in [0.2, 0.25) is 5.02 Å². The Morgan fingerprint density at radius 1 is 1.03 bits per heavy atom. The van der Waals surface area contributed by atoms with Crippen molar-refractivity contribution in [3.05, 3.63) is 70.9 Å². The molecule has 0 N–H and O–H groups in total. The van der Waals surface area contributed by atoms with Gasteiger partial charge < -0.3 is 23.2 Å². The first-order chi connectivity index (χ1) is 17.4. The number of aromatic nitrogens is 1. The van der Waals surface area contributed by atoms with Crippen LogP contribution >= 0.6 is 11.6 Å². The van der Waals surface area contributed by atoms with E-state index in [0.29, 0.717) is 33.8 Å². The number of allylic oxidation sites excluding steroid dienone is 2. The predicted octanol–water partition coefficient (Wildman–Crippen LogP) is 0.310. The molecule has 2 aromatic carbocycles. The van der Waals surface area contributed by atoms with Crippen molar-refractivity contribution in [2.45, 2.75) is 26.3 Å². The number of nitrogens with zero attached hydrogens (tertiary/aromatic N) is 2. The number of aryl methyl sites for hydroxylation is 2. The van der Waals surface area contributed by atoms with Gasteiger partial charge in [0.1, 0.15) is 0 Å². The Morgan fingerprint density at radius 2 is 1.74 bits per heavy atom. The molecule has 0 atom stereocenters. The number of halogens is 1. The number of ether oxygens (including phenoxy) is 1. The topological polar surface area (TPSA) is 144 Å². The van der Waals surface area contributed by atoms with Crippen molar-refractivity contribution >= 4 is 54.7 Å². The van der Waals surface area contributed by atoms with E-state index in [2.05, 4.69) is 0 Å². The molecule has 0 spiro atoms. The summed E-state index contributed by atoms with van der Waals surface area (Å²) >= 11 is 6.08. The Morgan fingerprint density at radius 3 is 2.45 bits per heavy atom. The van der Waals surface area contributed by atoms with Crippen LogP contribution in [0, 0.1) is 6.92 Å². The Hall–Kier alpha value is -1.90. The molecule has 4 rings (SSSR count). The van der Waals surface area contributed by atoms with Crippen LogP contribution < -0.4 is 43.8 Å². The molecule has 3 aromatic rings. The van der Waals surface area contributed by atoms with Gasteiger partial charge in [-0.15, -0.1) is 0 Å². The van der Waals surface area contributed by atoms with Gasteiger partial charge in [-0.05, 0) is 49.3 Å². The van der Waals surface area contributed by atoms with Crippen LogP contribution in [0.5, 0.6) is 5.75 Å². The van der Waals surface area contributed by atoms with Crippen LogP contribution in [0.25, 0.3) is 17.2 Å². The molecule has 0 aliphatic carbocycles. The summed E-state index contributed by atoms with van der Waals surface area (Å²) in [7, 11) is -8.69. The number of benzene rings is 2. The van der Waals surface area contributed by atoms with E-state index in [1.165, 1.54) is 0 Å². The fourth-order valence-electron chi connectivity index (χ4n) is 4.01. The molecule has 0 bridgehead atoms. The fraction of sp³-hybridized carbons (Fsp3) is 0.292. The molecule has 14 heteroatoms. The first-order valence-corrected chi connectivity index (χ1v) is 14.9. The van der Waals surface area contributed by atoms with Gasteiger partial charge >= 0.3 is 35.4 Å². The summed E-state index contributed by atoms with van der Waals surface area (Å²) in [5.74, 6) is 0.322. The van der Waals surface area contributed by atoms with Crippen molar-refractivity contribution in [3.8, 4) is 5.75 Å². The van der Waals surface area contributed by atoms with Crippen molar-refractivity contribution in [1.82, 2.24) is 0 Å². The van der Waals surface area contributed by atoms with Crippen molar-refractivity contribution in [2.24, 2.45) is 0 Å². The number of fused-ring (bicyclic) bond motifs is 2. The summed E-state index contributed by atoms with van der Waals surface area (Å²) in [5, 5.41) is 0.469. The number of oxazole rings is 1. The van der Waals surface area contributed by atoms with E-state index in [1.54, 1.807) is 45.9 Å². The zero-order valence-electron chi connectivity index (χ0n) is 20.8. The van der Waals surface area contributed by atoms with Gasteiger partial charge in [0.15, 0.2) is 12.3 Å². The van der Waals surface area contributed by atoms with Crippen LogP contribution in [0.15, 0.2) is 58.9 Å². The quantitative estimate of drug-likeness (QED) is 0.185. The second kappa shape index (κ2) is 12.5. The maximum absolute atomic E-state index is 11.1. The maximum atomic E-state index is 11.1. The Balaban J connectivity index is 0.00000400. The molecule has 38 heavy (non-hydrogen) atoms. The van der Waals surface area contributed by atoms with Gasteiger partial charge in [-0.1, -0.05) is 17.7 Å². The first kappa shape index (κ1) is 30.6. The average Bonchev–Trinajstić information content (AvgIpc) is 3.29. The van der Waals surface area contributed by atoms with E-state index in [-0.39, 0.29) is 55.5 Å². The molecule has 2 heterocycles. The van der Waals surface area contributed by atoms with E-state index in [0.717, 1.165) is 11.1 Å². The third-order valence-electron chi connectivity index (χ3n) is 5.61. The van der Waals surface area contributed by atoms with Gasteiger partial charge in [0.2, 0.25) is 11.5 Å². The molecule has 0 amide bonds. The van der Waals surface area contributed by atoms with E-state index >= 15 is 0 Å². The molecule has 1 aromatic heterocycles. The molecule has 0 unspecified atom stereocenters. The molecule has 0 saturated heterocycles. The number of hydrogen-bond acceptors (Lipinski definition) is 9. The Labute approximate surface area is 248 Å². The molecule has 0 fully saturated rings. The molecule has 198 valence electrons. The van der Waals surface area contributed by atoms with E-state index in [4.69, 9.17) is 20.8 Å². The predicted molar refractivity (Wildman–Crippen MR) is 136 cm³/mol. The van der Waals surface area contributed by atoms with E-state index in [9.17, 15) is 25.9 Å². The summed E-state index contributed by atoms with van der Waals surface area (Å²) in [5.41, 5.74) is 3.03. The summed E-state index contributed by atoms with van der Waals surface area (Å²) in [6, 6.07) is 10.7. The van der Waals surface area contributed by atoms with E-state index in [1.807, 2.05) is 25.1 Å². The zero-order valence-corrected chi connectivity index (χ0v) is 25.2. The molecular weight excluding hydrogens is 567 g/mol. The van der Waals surface area contributed by atoms with Gasteiger partial charge in [0.25, 0.3) is 5.52 Å². The number of anilines is 1. The van der Waals surface area contributed by atoms with Gasteiger partial charge in [0, 0.05) is 41.6 Å². The molecule has 1 aliphatic heterocycles. The van der Waals surface area contributed by atoms with Crippen LogP contribution in [-0.4, -0.2) is 44.0 Å². The standard InChI is InChI=1S/C24H25ClN2O8S2.Na/c1-17-7-9-19-21(15-17)34-23(26(19)11-3-13-36(28,29)30)5-2-6-24-27(12-4-14-37(31,32)33)20-10-8-18(25)16-22(20)35-24;/h2,5-10,15-16H,3-4,11-14H2,1H3,(H-,28,29,30,31,32,33);/q;+1/p-1. The second-order valence-electron chi connectivity index (χ2n) is 8.52. The van der Waals surface area contributed by atoms with Gasteiger partial charge in [0.05, 0.1) is 32.0 Å². The monoisotopic (exact) mass is 590 g/mol. The summed E-state index contributed by atoms with van der Waals surface area (Å²) in [6.45, 7) is 2.40. The third kappa shape index (κ3) is 8.06. The molecule has 1 aliphatic rings. The first-order valence-electron chi connectivity index (χ1n) is 11.3. The Bertz CT molecular complexity index is 1600. The van der Waals surface area contributed by atoms with Crippen LogP contribution in [0.1, 0.15) is 24.3 Å². The van der Waals surface area contributed by atoms with Crippen molar-refractivity contribution in [1.29, 1.82) is 0 Å². The van der Waals surface area contributed by atoms with Crippen LogP contribution in [0.4, 0.5) is 5.69 Å². The van der Waals surface area contributed by atoms with Gasteiger partial charge in [-0.3, -0.25) is 0 Å². The largest absolute Gasteiger partial charge is 1.00 e. The van der Waals surface area contributed by atoms with Gasteiger partial charge in [-0.2, -0.15) is 4.57 Å². The molecule has 0 saturated carbocycles. The molecular formula is C24H24ClN2NaO8S2. The normalized spacial score (nSPS) is 14.7. The van der Waals surface area contributed by atoms with Crippen LogP contribution in [0.3, 0.4) is 0 Å². The maximum Gasteiger partial charge on any atom is 1.00 e. The molecule has 10 nitrogen and oxygen atoms in total. The fourth-order valence-corrected chi connectivity index (χ4v) is 5.14. The third-order valence-corrected chi connectivity index (χ3v) is 7.42. The smallest absolute Gasteiger partial charge is 0.748 e. The minimum atomic E-state index is -4.35. The van der Waals surface area contributed by atoms with Gasteiger partial charge in [-0.25, -0.2) is 16.8 Å².